The second-order valence-electron chi connectivity index (χ2n) is 8.19. The summed E-state index contributed by atoms with van der Waals surface area (Å²) in [5.41, 5.74) is -0.719. The van der Waals surface area contributed by atoms with E-state index in [2.05, 4.69) is 15.6 Å². The maximum Gasteiger partial charge on any atom is 0.333 e. The van der Waals surface area contributed by atoms with Crippen molar-refractivity contribution in [2.45, 2.75) is 19.0 Å². The number of aromatic nitrogens is 2. The number of aromatic amines is 1. The summed E-state index contributed by atoms with van der Waals surface area (Å²) in [6.07, 6.45) is -1.04. The molecule has 12 heteroatoms. The van der Waals surface area contributed by atoms with Gasteiger partial charge in [0.25, 0.3) is 11.5 Å². The van der Waals surface area contributed by atoms with Gasteiger partial charge in [0, 0.05) is 23.7 Å². The highest BCUT2D eigenvalue weighted by molar-refractivity contribution is 14.1. The smallest absolute Gasteiger partial charge is 0.333 e. The normalized spacial score (nSPS) is 16.9. The van der Waals surface area contributed by atoms with E-state index in [-0.39, 0.29) is 35.4 Å². The summed E-state index contributed by atoms with van der Waals surface area (Å²) < 4.78 is 22.0. The highest BCUT2D eigenvalue weighted by Crippen LogP contribution is 2.35. The average Bonchev–Trinajstić information content (AvgIpc) is 2.85. The van der Waals surface area contributed by atoms with E-state index in [1.807, 2.05) is 22.6 Å². The topological polar surface area (TPSA) is 126 Å². The summed E-state index contributed by atoms with van der Waals surface area (Å²) in [6.45, 7) is 1.37. The van der Waals surface area contributed by atoms with Gasteiger partial charge in [-0.1, -0.05) is 6.07 Å². The second-order valence-corrected chi connectivity index (χ2v) is 9.44. The molecule has 188 valence electrons. The lowest BCUT2D eigenvalue weighted by atomic mass is 9.93. The summed E-state index contributed by atoms with van der Waals surface area (Å²) in [6, 6.07) is 10.9. The minimum atomic E-state index is -1.04. The van der Waals surface area contributed by atoms with Crippen molar-refractivity contribution in [2.24, 2.45) is 0 Å². The van der Waals surface area contributed by atoms with Gasteiger partial charge in [0.05, 0.1) is 28.6 Å². The van der Waals surface area contributed by atoms with Crippen molar-refractivity contribution in [2.75, 3.05) is 26.0 Å². The van der Waals surface area contributed by atoms with Crippen LogP contribution in [0.1, 0.15) is 30.3 Å². The van der Waals surface area contributed by atoms with Crippen LogP contribution >= 0.6 is 22.6 Å². The Balaban J connectivity index is 1.87. The van der Waals surface area contributed by atoms with Crippen molar-refractivity contribution in [1.29, 1.82) is 0 Å². The van der Waals surface area contributed by atoms with E-state index in [9.17, 15) is 23.6 Å². The van der Waals surface area contributed by atoms with Crippen LogP contribution in [0.3, 0.4) is 0 Å². The van der Waals surface area contributed by atoms with Crippen molar-refractivity contribution in [1.82, 2.24) is 19.8 Å². The lowest BCUT2D eigenvalue weighted by Crippen LogP contribution is -2.49. The molecule has 3 aromatic rings. The minimum Gasteiger partial charge on any atom is -0.484 e. The van der Waals surface area contributed by atoms with Crippen molar-refractivity contribution in [3.8, 4) is 11.4 Å². The third kappa shape index (κ3) is 4.72. The summed E-state index contributed by atoms with van der Waals surface area (Å²) in [4.78, 5) is 54.5. The van der Waals surface area contributed by atoms with E-state index >= 15 is 0 Å². The highest BCUT2D eigenvalue weighted by Gasteiger charge is 2.40. The Hall–Kier alpha value is -3.68. The SMILES string of the molecule is CNC(=O)COc1cccc(-n2c3c(c(=O)[nH]c2=O)C(Nc2ccc(I)cc2F)N(C)C(=O)C3C)c1. The van der Waals surface area contributed by atoms with Crippen LogP contribution in [0.15, 0.2) is 52.1 Å². The standard InChI is InChI=1S/C24H23FIN5O5/c1-12-20-19(21(30(3)23(12)34)28-17-8-7-13(26)9-16(17)25)22(33)29-24(35)31(20)14-5-4-6-15(10-14)36-11-18(32)27-2/h4-10,12,21,28H,11H2,1-3H3,(H,27,32)(H,29,33,35). The molecule has 0 spiro atoms. The van der Waals surface area contributed by atoms with Gasteiger partial charge in [0.15, 0.2) is 6.61 Å². The quantitative estimate of drug-likeness (QED) is 0.369. The number of carbonyl (C=O) groups excluding carboxylic acids is 2. The number of hydrogen-bond acceptors (Lipinski definition) is 6. The molecule has 0 bridgehead atoms. The fraction of sp³-hybridized carbons (Fsp3) is 0.250. The Labute approximate surface area is 218 Å². The van der Waals surface area contributed by atoms with E-state index in [0.717, 1.165) is 0 Å². The Kier molecular flexibility index (Phi) is 7.15. The molecular formula is C24H23FIN5O5. The lowest BCUT2D eigenvalue weighted by Gasteiger charge is -2.38. The molecule has 3 N–H and O–H groups in total. The van der Waals surface area contributed by atoms with Gasteiger partial charge >= 0.3 is 5.69 Å². The Morgan fingerprint density at radius 2 is 1.94 bits per heavy atom. The van der Waals surface area contributed by atoms with Crippen LogP contribution in [-0.4, -0.2) is 47.0 Å². The number of amides is 2. The van der Waals surface area contributed by atoms with Crippen molar-refractivity contribution in [3.05, 3.63) is 83.9 Å². The molecule has 2 unspecified atom stereocenters. The number of carbonyl (C=O) groups is 2. The molecule has 2 aromatic carbocycles. The van der Waals surface area contributed by atoms with Crippen LogP contribution in [0.2, 0.25) is 0 Å². The number of fused-ring (bicyclic) bond motifs is 1. The number of nitrogens with zero attached hydrogens (tertiary/aromatic N) is 2. The van der Waals surface area contributed by atoms with E-state index in [4.69, 9.17) is 4.74 Å². The summed E-state index contributed by atoms with van der Waals surface area (Å²) in [5.74, 6) is -1.79. The molecule has 4 rings (SSSR count). The molecule has 2 amide bonds. The van der Waals surface area contributed by atoms with Crippen LogP contribution < -0.4 is 26.6 Å². The van der Waals surface area contributed by atoms with E-state index in [1.54, 1.807) is 31.2 Å². The summed E-state index contributed by atoms with van der Waals surface area (Å²) in [7, 11) is 2.99. The first-order valence-electron chi connectivity index (χ1n) is 10.9. The monoisotopic (exact) mass is 607 g/mol. The molecule has 36 heavy (non-hydrogen) atoms. The molecule has 2 heterocycles. The molecule has 0 saturated carbocycles. The third-order valence-corrected chi connectivity index (χ3v) is 6.59. The number of likely N-dealkylation sites (N-methyl/N-ethyl adjacent to an activating group) is 2. The number of hydrogen-bond donors (Lipinski definition) is 3. The number of anilines is 1. The number of ether oxygens (including phenoxy) is 1. The van der Waals surface area contributed by atoms with E-state index in [1.165, 1.54) is 41.8 Å². The Morgan fingerprint density at radius 3 is 2.64 bits per heavy atom. The van der Waals surface area contributed by atoms with Gasteiger partial charge < -0.3 is 20.3 Å². The van der Waals surface area contributed by atoms with Crippen LogP contribution in [-0.2, 0) is 9.59 Å². The zero-order valence-electron chi connectivity index (χ0n) is 19.6. The largest absolute Gasteiger partial charge is 0.484 e. The third-order valence-electron chi connectivity index (χ3n) is 5.92. The summed E-state index contributed by atoms with van der Waals surface area (Å²) in [5, 5.41) is 5.39. The van der Waals surface area contributed by atoms with Crippen molar-refractivity contribution < 1.29 is 18.7 Å². The number of H-pyrrole nitrogens is 1. The Morgan fingerprint density at radius 1 is 1.19 bits per heavy atom. The molecule has 0 saturated heterocycles. The first-order chi connectivity index (χ1) is 17.1. The Bertz CT molecular complexity index is 1470. The predicted molar refractivity (Wildman–Crippen MR) is 139 cm³/mol. The van der Waals surface area contributed by atoms with Gasteiger partial charge in [0.2, 0.25) is 5.91 Å². The van der Waals surface area contributed by atoms with Gasteiger partial charge in [-0.2, -0.15) is 0 Å². The van der Waals surface area contributed by atoms with Gasteiger partial charge in [0.1, 0.15) is 17.7 Å². The maximum absolute atomic E-state index is 14.6. The van der Waals surface area contributed by atoms with Crippen molar-refractivity contribution in [3.63, 3.8) is 0 Å². The molecule has 1 aliphatic rings. The minimum absolute atomic E-state index is 0.0994. The van der Waals surface area contributed by atoms with Crippen LogP contribution in [0.4, 0.5) is 10.1 Å². The van der Waals surface area contributed by atoms with Gasteiger partial charge in [-0.15, -0.1) is 0 Å². The summed E-state index contributed by atoms with van der Waals surface area (Å²) >= 11 is 1.98. The first kappa shape index (κ1) is 25.4. The molecule has 0 radical (unpaired) electrons. The van der Waals surface area contributed by atoms with Gasteiger partial charge in [-0.05, 0) is 59.8 Å². The maximum atomic E-state index is 14.6. The lowest BCUT2D eigenvalue weighted by molar-refractivity contribution is -0.134. The van der Waals surface area contributed by atoms with Gasteiger partial charge in [-0.25, -0.2) is 9.18 Å². The number of benzene rings is 2. The number of halogens is 2. The first-order valence-corrected chi connectivity index (χ1v) is 12.0. The predicted octanol–water partition coefficient (Wildman–Crippen LogP) is 2.08. The van der Waals surface area contributed by atoms with E-state index in [0.29, 0.717) is 15.0 Å². The highest BCUT2D eigenvalue weighted by atomic mass is 127. The zero-order chi connectivity index (χ0) is 26.1. The van der Waals surface area contributed by atoms with Crippen LogP contribution in [0.25, 0.3) is 5.69 Å². The zero-order valence-corrected chi connectivity index (χ0v) is 21.8. The van der Waals surface area contributed by atoms with E-state index < -0.39 is 29.1 Å². The average molecular weight is 607 g/mol. The molecule has 0 fully saturated rings. The van der Waals surface area contributed by atoms with Crippen LogP contribution in [0, 0.1) is 9.39 Å². The van der Waals surface area contributed by atoms with Gasteiger partial charge in [-0.3, -0.25) is 23.9 Å². The second kappa shape index (κ2) is 10.1. The molecule has 0 aliphatic carbocycles. The molecular weight excluding hydrogens is 584 g/mol. The molecule has 2 atom stereocenters. The molecule has 1 aliphatic heterocycles. The number of nitrogens with one attached hydrogen (secondary N) is 3. The fourth-order valence-electron chi connectivity index (χ4n) is 4.11. The van der Waals surface area contributed by atoms with Crippen molar-refractivity contribution >= 4 is 40.1 Å². The van der Waals surface area contributed by atoms with Crippen LogP contribution in [0.5, 0.6) is 5.75 Å². The fourth-order valence-corrected chi connectivity index (χ4v) is 4.57. The molecule has 1 aromatic heterocycles. The number of rotatable bonds is 6. The molecule has 10 nitrogen and oxygen atoms in total.